The summed E-state index contributed by atoms with van der Waals surface area (Å²) in [6, 6.07) is 23.2. The van der Waals surface area contributed by atoms with Gasteiger partial charge in [0, 0.05) is 31.2 Å². The summed E-state index contributed by atoms with van der Waals surface area (Å²) in [5.74, 6) is 0. The molecule has 0 atom stereocenters. The predicted octanol–water partition coefficient (Wildman–Crippen LogP) is 13.6. The molecule has 0 bridgehead atoms. The van der Waals surface area contributed by atoms with Crippen molar-refractivity contribution >= 4 is 5.69 Å². The zero-order chi connectivity index (χ0) is 38.7. The first kappa shape index (κ1) is 45.7. The number of likely N-dealkylation sites (N-methyl/N-ethyl adjacent to an activating group) is 2. The Hall–Kier alpha value is -4.30. The molecule has 2 heteroatoms. The van der Waals surface area contributed by atoms with Gasteiger partial charge in [0.05, 0.1) is 0 Å². The lowest BCUT2D eigenvalue weighted by molar-refractivity contribution is 0.516. The maximum Gasteiger partial charge on any atom is 0.0408 e. The van der Waals surface area contributed by atoms with Gasteiger partial charge in [0.1, 0.15) is 0 Å². The fourth-order valence-electron chi connectivity index (χ4n) is 4.35. The molecular formula is C48H70N2. The van der Waals surface area contributed by atoms with E-state index in [1.807, 2.05) is 49.3 Å². The van der Waals surface area contributed by atoms with Gasteiger partial charge in [-0.2, -0.15) is 0 Å². The summed E-state index contributed by atoms with van der Waals surface area (Å²) in [6.45, 7) is 38.4. The number of rotatable bonds is 7. The monoisotopic (exact) mass is 675 g/mol. The molecular weight excluding hydrogens is 605 g/mol. The molecule has 0 aliphatic rings. The van der Waals surface area contributed by atoms with Crippen LogP contribution in [0.5, 0.6) is 0 Å². The second kappa shape index (κ2) is 22.4. The summed E-state index contributed by atoms with van der Waals surface area (Å²) >= 11 is 0. The molecule has 0 saturated heterocycles. The van der Waals surface area contributed by atoms with Gasteiger partial charge in [-0.3, -0.25) is 0 Å². The van der Waals surface area contributed by atoms with Crippen LogP contribution in [0.4, 0.5) is 5.69 Å². The topological polar surface area (TPSA) is 15.3 Å². The predicted molar refractivity (Wildman–Crippen MR) is 228 cm³/mol. The minimum Gasteiger partial charge on any atom is -0.389 e. The van der Waals surface area contributed by atoms with Crippen molar-refractivity contribution in [3.63, 3.8) is 0 Å². The highest BCUT2D eigenvalue weighted by atomic mass is 15.1. The number of aryl methyl sites for hydroxylation is 4. The summed E-state index contributed by atoms with van der Waals surface area (Å²) in [6.07, 6.45) is 12.5. The quantitative estimate of drug-likeness (QED) is 0.251. The molecule has 1 N–H and O–H groups in total. The van der Waals surface area contributed by atoms with E-state index in [0.717, 1.165) is 17.1 Å². The number of nitrogens with one attached hydrogen (secondary N) is 1. The van der Waals surface area contributed by atoms with Crippen molar-refractivity contribution < 1.29 is 0 Å². The van der Waals surface area contributed by atoms with Crippen molar-refractivity contribution in [1.29, 1.82) is 0 Å². The molecule has 3 aromatic carbocycles. The SMILES string of the molecule is C/C=C/C(=C\C(C)=C\C)C(C)(C)C.C=C(/C=C\C(=C)N(C)c1ccc(C)cc1)NC.Cc1cc(C(C)(C)C)cc(C)c1C.Cc1ccccc1. The Morgan fingerprint density at radius 1 is 0.720 bits per heavy atom. The molecule has 0 spiro atoms. The maximum atomic E-state index is 4.03. The first-order valence-electron chi connectivity index (χ1n) is 17.8. The van der Waals surface area contributed by atoms with Gasteiger partial charge in [-0.15, -0.1) is 0 Å². The highest BCUT2D eigenvalue weighted by Gasteiger charge is 2.15. The van der Waals surface area contributed by atoms with Crippen LogP contribution in [-0.4, -0.2) is 14.1 Å². The number of anilines is 1. The Kier molecular flexibility index (Phi) is 20.5. The van der Waals surface area contributed by atoms with Gasteiger partial charge in [0.15, 0.2) is 0 Å². The van der Waals surface area contributed by atoms with Crippen molar-refractivity contribution in [3.8, 4) is 0 Å². The van der Waals surface area contributed by atoms with Gasteiger partial charge >= 0.3 is 0 Å². The molecule has 0 fully saturated rings. The Bertz CT molecular complexity index is 1560. The van der Waals surface area contributed by atoms with Crippen molar-refractivity contribution in [2.24, 2.45) is 5.41 Å². The standard InChI is InChI=1S/C15H20N2.C13H20.C13H22.C7H8/c1-12-6-10-15(11-7-12)17(5)14(3)9-8-13(2)16-4;1-9-7-12(13(4,5)6)8-10(2)11(9)3;1-7-9-12(13(4,5)6)10-11(3)8-2;1-7-5-3-2-4-6-7/h6-11,16H,2-3H2,1,4-5H3;7-8H,1-6H3;7-10H,1-6H3;2-6H,1H3/b9-8-;;9-7+,11-8+,12-10+;. The third-order valence-corrected chi connectivity index (χ3v) is 8.43. The molecule has 0 amide bonds. The molecule has 0 radical (unpaired) electrons. The smallest absolute Gasteiger partial charge is 0.0408 e. The van der Waals surface area contributed by atoms with Crippen LogP contribution in [0.3, 0.4) is 0 Å². The molecule has 0 aliphatic heterocycles. The van der Waals surface area contributed by atoms with Crippen LogP contribution in [0.2, 0.25) is 0 Å². The average Bonchev–Trinajstić information content (AvgIpc) is 3.05. The molecule has 0 aromatic heterocycles. The lowest BCUT2D eigenvalue weighted by atomic mass is 9.84. The third-order valence-electron chi connectivity index (χ3n) is 8.43. The second-order valence-electron chi connectivity index (χ2n) is 15.0. The van der Waals surface area contributed by atoms with E-state index >= 15 is 0 Å². The fraction of sp³-hybridized carbons (Fsp3) is 0.375. The summed E-state index contributed by atoms with van der Waals surface area (Å²) in [5.41, 5.74) is 14.4. The van der Waals surface area contributed by atoms with Crippen LogP contribution in [0.1, 0.15) is 95.7 Å². The normalized spacial score (nSPS) is 11.8. The van der Waals surface area contributed by atoms with Gasteiger partial charge in [-0.05, 0) is 118 Å². The number of nitrogens with zero attached hydrogens (tertiary/aromatic N) is 1. The van der Waals surface area contributed by atoms with Crippen molar-refractivity contribution in [2.75, 3.05) is 19.0 Å². The maximum absolute atomic E-state index is 4.03. The van der Waals surface area contributed by atoms with Crippen LogP contribution >= 0.6 is 0 Å². The van der Waals surface area contributed by atoms with Gasteiger partial charge in [0.25, 0.3) is 0 Å². The molecule has 2 nitrogen and oxygen atoms in total. The Balaban J connectivity index is 0.000000663. The molecule has 3 aromatic rings. The lowest BCUT2D eigenvalue weighted by Gasteiger charge is -2.21. The highest BCUT2D eigenvalue weighted by molar-refractivity contribution is 5.54. The summed E-state index contributed by atoms with van der Waals surface area (Å²) < 4.78 is 0. The van der Waals surface area contributed by atoms with E-state index < -0.39 is 0 Å². The van der Waals surface area contributed by atoms with Crippen LogP contribution in [0.15, 0.2) is 139 Å². The van der Waals surface area contributed by atoms with E-state index in [2.05, 4.69) is 188 Å². The largest absolute Gasteiger partial charge is 0.389 e. The first-order valence-corrected chi connectivity index (χ1v) is 17.8. The summed E-state index contributed by atoms with van der Waals surface area (Å²) in [4.78, 5) is 2.04. The van der Waals surface area contributed by atoms with E-state index in [4.69, 9.17) is 0 Å². The van der Waals surface area contributed by atoms with Crippen LogP contribution in [-0.2, 0) is 5.41 Å². The molecule has 0 saturated carbocycles. The van der Waals surface area contributed by atoms with Crippen molar-refractivity contribution in [3.05, 3.63) is 172 Å². The van der Waals surface area contributed by atoms with E-state index in [1.165, 1.54) is 44.5 Å². The van der Waals surface area contributed by atoms with Gasteiger partial charge in [-0.1, -0.05) is 150 Å². The Morgan fingerprint density at radius 2 is 1.22 bits per heavy atom. The lowest BCUT2D eigenvalue weighted by Crippen LogP contribution is -2.14. The number of hydrogen-bond donors (Lipinski definition) is 1. The minimum atomic E-state index is 0.233. The molecule has 0 unspecified atom stereocenters. The third kappa shape index (κ3) is 18.5. The highest BCUT2D eigenvalue weighted by Crippen LogP contribution is 2.28. The van der Waals surface area contributed by atoms with E-state index in [1.54, 1.807) is 0 Å². The molecule has 272 valence electrons. The van der Waals surface area contributed by atoms with E-state index in [0.29, 0.717) is 0 Å². The summed E-state index contributed by atoms with van der Waals surface area (Å²) in [7, 11) is 3.85. The van der Waals surface area contributed by atoms with Crippen molar-refractivity contribution in [1.82, 2.24) is 5.32 Å². The van der Waals surface area contributed by atoms with Gasteiger partial charge < -0.3 is 10.2 Å². The zero-order valence-electron chi connectivity index (χ0n) is 34.7. The van der Waals surface area contributed by atoms with Gasteiger partial charge in [-0.25, -0.2) is 0 Å². The van der Waals surface area contributed by atoms with Crippen LogP contribution < -0.4 is 10.2 Å². The van der Waals surface area contributed by atoms with Crippen molar-refractivity contribution in [2.45, 2.75) is 102 Å². The molecule has 0 heterocycles. The first-order chi connectivity index (χ1) is 23.2. The zero-order valence-corrected chi connectivity index (χ0v) is 34.7. The Morgan fingerprint density at radius 3 is 1.60 bits per heavy atom. The van der Waals surface area contributed by atoms with E-state index in [9.17, 15) is 0 Å². The van der Waals surface area contributed by atoms with Gasteiger partial charge in [0.2, 0.25) is 0 Å². The van der Waals surface area contributed by atoms with E-state index in [-0.39, 0.29) is 10.8 Å². The minimum absolute atomic E-state index is 0.233. The Labute approximate surface area is 309 Å². The molecule has 3 rings (SSSR count). The molecule has 50 heavy (non-hydrogen) atoms. The van der Waals surface area contributed by atoms with Crippen LogP contribution in [0, 0.1) is 40.0 Å². The number of hydrogen-bond acceptors (Lipinski definition) is 2. The number of allylic oxidation sites excluding steroid dienone is 8. The van der Waals surface area contributed by atoms with Crippen LogP contribution in [0.25, 0.3) is 0 Å². The second-order valence-corrected chi connectivity index (χ2v) is 15.0. The summed E-state index contributed by atoms with van der Waals surface area (Å²) in [5, 5.41) is 2.97. The average molecular weight is 675 g/mol. The number of benzene rings is 3. The molecule has 0 aliphatic carbocycles. The fourth-order valence-corrected chi connectivity index (χ4v) is 4.35.